The van der Waals surface area contributed by atoms with Gasteiger partial charge in [-0.15, -0.1) is 0 Å². The van der Waals surface area contributed by atoms with Gasteiger partial charge in [-0.2, -0.15) is 0 Å². The highest BCUT2D eigenvalue weighted by molar-refractivity contribution is 5.82. The molecular formula is C16H24N2O3. The molecule has 1 aliphatic rings. The molecule has 5 N–H and O–H groups in total. The van der Waals surface area contributed by atoms with Crippen LogP contribution in [0.1, 0.15) is 37.7 Å². The maximum atomic E-state index is 12.3. The summed E-state index contributed by atoms with van der Waals surface area (Å²) in [6, 6.07) is 6.02. The fourth-order valence-corrected chi connectivity index (χ4v) is 2.88. The summed E-state index contributed by atoms with van der Waals surface area (Å²) in [5.74, 6) is -0.0303. The van der Waals surface area contributed by atoms with Crippen molar-refractivity contribution >= 4 is 5.91 Å². The van der Waals surface area contributed by atoms with Gasteiger partial charge in [0.2, 0.25) is 5.91 Å². The van der Waals surface area contributed by atoms with Gasteiger partial charge in [0.15, 0.2) is 0 Å². The van der Waals surface area contributed by atoms with Crippen molar-refractivity contribution in [3.63, 3.8) is 0 Å². The van der Waals surface area contributed by atoms with Crippen molar-refractivity contribution in [2.75, 3.05) is 6.61 Å². The van der Waals surface area contributed by atoms with Gasteiger partial charge in [0.1, 0.15) is 5.75 Å². The lowest BCUT2D eigenvalue weighted by atomic mass is 9.82. The molecule has 1 aromatic carbocycles. The number of nitrogens with one attached hydrogen (secondary N) is 1. The van der Waals surface area contributed by atoms with Gasteiger partial charge in [-0.25, -0.2) is 0 Å². The molecule has 21 heavy (non-hydrogen) atoms. The number of phenols is 1. The Labute approximate surface area is 125 Å². The zero-order chi connectivity index (χ0) is 15.3. The Bertz CT molecular complexity index is 467. The number of aliphatic hydroxyl groups excluding tert-OH is 1. The molecule has 2 rings (SSSR count). The van der Waals surface area contributed by atoms with Crippen LogP contribution in [0.15, 0.2) is 24.3 Å². The van der Waals surface area contributed by atoms with Crippen LogP contribution in [-0.2, 0) is 11.2 Å². The summed E-state index contributed by atoms with van der Waals surface area (Å²) < 4.78 is 0. The van der Waals surface area contributed by atoms with Crippen LogP contribution in [0.25, 0.3) is 0 Å². The van der Waals surface area contributed by atoms with Gasteiger partial charge in [-0.3, -0.25) is 4.79 Å². The zero-order valence-corrected chi connectivity index (χ0v) is 12.2. The number of aromatic hydroxyl groups is 1. The summed E-state index contributed by atoms with van der Waals surface area (Å²) in [6.07, 6.45) is 5.22. The quantitative estimate of drug-likeness (QED) is 0.653. The fourth-order valence-electron chi connectivity index (χ4n) is 2.88. The van der Waals surface area contributed by atoms with Gasteiger partial charge in [-0.1, -0.05) is 31.4 Å². The van der Waals surface area contributed by atoms with Crippen LogP contribution in [0, 0.1) is 0 Å². The second kappa shape index (κ2) is 6.91. The molecule has 1 aromatic rings. The molecule has 0 radical (unpaired) electrons. The summed E-state index contributed by atoms with van der Waals surface area (Å²) in [5, 5.41) is 21.8. The Hall–Kier alpha value is -1.59. The highest BCUT2D eigenvalue weighted by Crippen LogP contribution is 2.27. The molecule has 116 valence electrons. The molecule has 0 spiro atoms. The molecule has 0 unspecified atom stereocenters. The molecular weight excluding hydrogens is 268 g/mol. The highest BCUT2D eigenvalue weighted by Gasteiger charge is 2.34. The van der Waals surface area contributed by atoms with E-state index in [9.17, 15) is 15.0 Å². The largest absolute Gasteiger partial charge is 0.508 e. The van der Waals surface area contributed by atoms with Crippen LogP contribution in [0.2, 0.25) is 0 Å². The average Bonchev–Trinajstić information content (AvgIpc) is 2.50. The van der Waals surface area contributed by atoms with Crippen LogP contribution >= 0.6 is 0 Å². The van der Waals surface area contributed by atoms with Crippen LogP contribution in [0.3, 0.4) is 0 Å². The van der Waals surface area contributed by atoms with Crippen LogP contribution in [0.5, 0.6) is 5.75 Å². The van der Waals surface area contributed by atoms with E-state index in [1.165, 1.54) is 0 Å². The molecule has 0 bridgehead atoms. The Balaban J connectivity index is 1.93. The maximum Gasteiger partial charge on any atom is 0.237 e. The van der Waals surface area contributed by atoms with Crippen molar-refractivity contribution in [3.05, 3.63) is 29.8 Å². The summed E-state index contributed by atoms with van der Waals surface area (Å²) >= 11 is 0. The Morgan fingerprint density at radius 2 is 1.86 bits per heavy atom. The number of aliphatic hydroxyl groups is 1. The number of benzene rings is 1. The molecule has 1 aliphatic carbocycles. The molecule has 0 heterocycles. The first-order valence-electron chi connectivity index (χ1n) is 7.51. The minimum absolute atomic E-state index is 0.0370. The molecule has 1 saturated carbocycles. The van der Waals surface area contributed by atoms with Crippen molar-refractivity contribution in [1.29, 1.82) is 0 Å². The first-order valence-corrected chi connectivity index (χ1v) is 7.51. The first kappa shape index (κ1) is 15.8. The number of amides is 1. The smallest absolute Gasteiger partial charge is 0.237 e. The number of carbonyl (C=O) groups is 1. The van der Waals surface area contributed by atoms with Crippen molar-refractivity contribution in [2.24, 2.45) is 5.73 Å². The predicted molar refractivity (Wildman–Crippen MR) is 80.8 cm³/mol. The second-order valence-corrected chi connectivity index (χ2v) is 5.97. The average molecular weight is 292 g/mol. The maximum absolute atomic E-state index is 12.3. The summed E-state index contributed by atoms with van der Waals surface area (Å²) in [4.78, 5) is 12.3. The van der Waals surface area contributed by atoms with Gasteiger partial charge >= 0.3 is 0 Å². The minimum atomic E-state index is -0.653. The first-order chi connectivity index (χ1) is 10.0. The van der Waals surface area contributed by atoms with E-state index in [0.717, 1.165) is 37.7 Å². The van der Waals surface area contributed by atoms with Crippen LogP contribution in [-0.4, -0.2) is 34.3 Å². The second-order valence-electron chi connectivity index (χ2n) is 5.97. The Morgan fingerprint density at radius 1 is 1.24 bits per heavy atom. The van der Waals surface area contributed by atoms with E-state index >= 15 is 0 Å². The Morgan fingerprint density at radius 3 is 2.43 bits per heavy atom. The topological polar surface area (TPSA) is 95.6 Å². The number of nitrogens with two attached hydrogens (primary N) is 1. The van der Waals surface area contributed by atoms with Crippen molar-refractivity contribution in [2.45, 2.75) is 50.1 Å². The molecule has 1 atom stereocenters. The van der Waals surface area contributed by atoms with E-state index in [1.807, 2.05) is 0 Å². The SMILES string of the molecule is N[C@@H](Cc1ccc(O)cc1)C(=O)NC1(CO)CCCCC1. The van der Waals surface area contributed by atoms with Crippen molar-refractivity contribution < 1.29 is 15.0 Å². The number of rotatable bonds is 5. The van der Waals surface area contributed by atoms with E-state index in [2.05, 4.69) is 5.32 Å². The number of carbonyl (C=O) groups excluding carboxylic acids is 1. The number of hydrogen-bond acceptors (Lipinski definition) is 4. The molecule has 5 heteroatoms. The van der Waals surface area contributed by atoms with E-state index in [4.69, 9.17) is 5.73 Å². The molecule has 0 aromatic heterocycles. The van der Waals surface area contributed by atoms with Gasteiger partial charge in [0.25, 0.3) is 0 Å². The van der Waals surface area contributed by atoms with Crippen LogP contribution < -0.4 is 11.1 Å². The standard InChI is InChI=1S/C16H24N2O3/c17-14(10-12-4-6-13(20)7-5-12)15(21)18-16(11-19)8-2-1-3-9-16/h4-7,14,19-20H,1-3,8-11,17H2,(H,18,21)/t14-/m0/s1. The lowest BCUT2D eigenvalue weighted by Gasteiger charge is -2.37. The third-order valence-electron chi connectivity index (χ3n) is 4.23. The Kier molecular flexibility index (Phi) is 5.20. The van der Waals surface area contributed by atoms with Gasteiger partial charge < -0.3 is 21.3 Å². The molecule has 5 nitrogen and oxygen atoms in total. The van der Waals surface area contributed by atoms with Crippen molar-refractivity contribution in [3.8, 4) is 5.75 Å². The molecule has 0 aliphatic heterocycles. The van der Waals surface area contributed by atoms with Crippen LogP contribution in [0.4, 0.5) is 0 Å². The molecule has 1 fully saturated rings. The summed E-state index contributed by atoms with van der Waals surface area (Å²) in [5.41, 5.74) is 6.36. The summed E-state index contributed by atoms with van der Waals surface area (Å²) in [7, 11) is 0. The predicted octanol–water partition coefficient (Wildman–Crippen LogP) is 1.07. The van der Waals surface area contributed by atoms with E-state index < -0.39 is 11.6 Å². The van der Waals surface area contributed by atoms with E-state index in [0.29, 0.717) is 6.42 Å². The lowest BCUT2D eigenvalue weighted by Crippen LogP contribution is -2.57. The third kappa shape index (κ3) is 4.19. The highest BCUT2D eigenvalue weighted by atomic mass is 16.3. The van der Waals surface area contributed by atoms with E-state index in [-0.39, 0.29) is 18.3 Å². The van der Waals surface area contributed by atoms with Gasteiger partial charge in [0.05, 0.1) is 18.2 Å². The van der Waals surface area contributed by atoms with Gasteiger partial charge in [-0.05, 0) is 37.0 Å². The zero-order valence-electron chi connectivity index (χ0n) is 12.2. The third-order valence-corrected chi connectivity index (χ3v) is 4.23. The normalized spacial score (nSPS) is 19.0. The lowest BCUT2D eigenvalue weighted by molar-refractivity contribution is -0.125. The number of phenolic OH excluding ortho intramolecular Hbond substituents is 1. The molecule has 0 saturated heterocycles. The fraction of sp³-hybridized carbons (Fsp3) is 0.562. The molecule has 1 amide bonds. The summed E-state index contributed by atoms with van der Waals surface area (Å²) in [6.45, 7) is -0.0370. The monoisotopic (exact) mass is 292 g/mol. The van der Waals surface area contributed by atoms with Gasteiger partial charge in [0, 0.05) is 0 Å². The van der Waals surface area contributed by atoms with Crippen molar-refractivity contribution in [1.82, 2.24) is 5.32 Å². The number of hydrogen-bond donors (Lipinski definition) is 4. The minimum Gasteiger partial charge on any atom is -0.508 e. The van der Waals surface area contributed by atoms with E-state index in [1.54, 1.807) is 24.3 Å².